The van der Waals surface area contributed by atoms with Crippen molar-refractivity contribution in [2.45, 2.75) is 38.8 Å². The maximum absolute atomic E-state index is 12.2. The quantitative estimate of drug-likeness (QED) is 0.236. The average Bonchev–Trinajstić information content (AvgIpc) is 2.49. The zero-order valence-electron chi connectivity index (χ0n) is 14.1. The van der Waals surface area contributed by atoms with Gasteiger partial charge in [-0.25, -0.2) is 0 Å². The van der Waals surface area contributed by atoms with Crippen molar-refractivity contribution in [3.63, 3.8) is 0 Å². The van der Waals surface area contributed by atoms with Crippen molar-refractivity contribution in [3.05, 3.63) is 0 Å². The van der Waals surface area contributed by atoms with Crippen LogP contribution in [0, 0.1) is 5.92 Å². The Balaban J connectivity index is 5.09. The van der Waals surface area contributed by atoms with Crippen LogP contribution in [-0.4, -0.2) is 65.0 Å². The van der Waals surface area contributed by atoms with E-state index >= 15 is 0 Å². The first-order valence-electron chi connectivity index (χ1n) is 7.57. The molecule has 0 rings (SSSR count). The number of carbonyl (C=O) groups is 5. The summed E-state index contributed by atoms with van der Waals surface area (Å²) in [5.74, 6) is -4.91. The summed E-state index contributed by atoms with van der Waals surface area (Å²) in [7, 11) is 0. The molecule has 11 nitrogen and oxygen atoms in total. The Hall–Kier alpha value is -2.69. The van der Waals surface area contributed by atoms with Crippen LogP contribution in [0.15, 0.2) is 0 Å². The van der Waals surface area contributed by atoms with Crippen LogP contribution >= 0.6 is 0 Å². The second kappa shape index (κ2) is 11.0. The molecular formula is C14H24N4O7. The van der Waals surface area contributed by atoms with Crippen LogP contribution in [0.3, 0.4) is 0 Å². The summed E-state index contributed by atoms with van der Waals surface area (Å²) >= 11 is 0. The highest BCUT2D eigenvalue weighted by Crippen LogP contribution is 2.06. The molecule has 0 heterocycles. The summed E-state index contributed by atoms with van der Waals surface area (Å²) in [6, 6.07) is -2.48. The van der Waals surface area contributed by atoms with Crippen LogP contribution in [-0.2, 0) is 24.0 Å². The van der Waals surface area contributed by atoms with Gasteiger partial charge in [0, 0.05) is 0 Å². The van der Waals surface area contributed by atoms with Crippen molar-refractivity contribution in [1.29, 1.82) is 0 Å². The molecule has 0 aromatic rings. The van der Waals surface area contributed by atoms with E-state index in [0.717, 1.165) is 0 Å². The number of amides is 3. The summed E-state index contributed by atoms with van der Waals surface area (Å²) in [6.07, 6.45) is -0.495. The van der Waals surface area contributed by atoms with Gasteiger partial charge in [0.2, 0.25) is 17.7 Å². The molecule has 0 spiro atoms. The van der Waals surface area contributed by atoms with Crippen molar-refractivity contribution in [2.24, 2.45) is 11.7 Å². The van der Waals surface area contributed by atoms with Gasteiger partial charge in [0.1, 0.15) is 18.6 Å². The maximum Gasteiger partial charge on any atom is 0.322 e. The predicted molar refractivity (Wildman–Crippen MR) is 85.3 cm³/mol. The molecule has 7 N–H and O–H groups in total. The van der Waals surface area contributed by atoms with Crippen LogP contribution in [0.5, 0.6) is 0 Å². The molecule has 0 aromatic heterocycles. The number of carboxylic acids is 2. The molecule has 0 radical (unpaired) electrons. The molecule has 3 amide bonds. The number of carboxylic acid groups (broad SMARTS) is 2. The first kappa shape index (κ1) is 22.3. The van der Waals surface area contributed by atoms with E-state index in [9.17, 15) is 24.0 Å². The van der Waals surface area contributed by atoms with Gasteiger partial charge in [0.25, 0.3) is 0 Å². The highest BCUT2D eigenvalue weighted by molar-refractivity contribution is 5.94. The van der Waals surface area contributed by atoms with E-state index in [-0.39, 0.29) is 12.3 Å². The molecule has 0 saturated heterocycles. The molecule has 25 heavy (non-hydrogen) atoms. The number of nitrogens with two attached hydrogens (primary N) is 1. The number of carbonyl (C=O) groups excluding carboxylic acids is 3. The fourth-order valence-corrected chi connectivity index (χ4v) is 1.90. The minimum absolute atomic E-state index is 0.0163. The molecule has 142 valence electrons. The highest BCUT2D eigenvalue weighted by atomic mass is 16.4. The molecule has 0 bridgehead atoms. The monoisotopic (exact) mass is 360 g/mol. The second-order valence-corrected chi connectivity index (χ2v) is 5.72. The second-order valence-electron chi connectivity index (χ2n) is 5.72. The van der Waals surface area contributed by atoms with Gasteiger partial charge in [-0.05, 0) is 12.3 Å². The van der Waals surface area contributed by atoms with E-state index in [1.54, 1.807) is 13.8 Å². The molecule has 2 atom stereocenters. The van der Waals surface area contributed by atoms with Crippen LogP contribution in [0.1, 0.15) is 26.7 Å². The van der Waals surface area contributed by atoms with Crippen LogP contribution in [0.4, 0.5) is 0 Å². The number of hydrogen-bond donors (Lipinski definition) is 6. The summed E-state index contributed by atoms with van der Waals surface area (Å²) in [5, 5.41) is 24.1. The Morgan fingerprint density at radius 3 is 1.96 bits per heavy atom. The Kier molecular flexibility index (Phi) is 9.79. The summed E-state index contributed by atoms with van der Waals surface area (Å²) < 4.78 is 0. The third-order valence-corrected chi connectivity index (χ3v) is 2.97. The molecule has 11 heteroatoms. The molecule has 0 aliphatic carbocycles. The maximum atomic E-state index is 12.2. The highest BCUT2D eigenvalue weighted by Gasteiger charge is 2.28. The number of aliphatic carboxylic acids is 2. The lowest BCUT2D eigenvalue weighted by Gasteiger charge is -2.23. The van der Waals surface area contributed by atoms with E-state index in [0.29, 0.717) is 0 Å². The van der Waals surface area contributed by atoms with Gasteiger partial charge in [-0.15, -0.1) is 0 Å². The predicted octanol–water partition coefficient (Wildman–Crippen LogP) is -2.36. The molecular weight excluding hydrogens is 336 g/mol. The van der Waals surface area contributed by atoms with Gasteiger partial charge in [-0.2, -0.15) is 0 Å². The number of rotatable bonds is 11. The van der Waals surface area contributed by atoms with Gasteiger partial charge >= 0.3 is 11.9 Å². The van der Waals surface area contributed by atoms with Gasteiger partial charge in [-0.1, -0.05) is 13.8 Å². The molecule has 0 aliphatic rings. The SMILES string of the molecule is CC(C)CC(NC(=O)C(CC(=O)O)NC(=O)CN)C(=O)NCC(=O)O. The Morgan fingerprint density at radius 1 is 0.920 bits per heavy atom. The van der Waals surface area contributed by atoms with Crippen LogP contribution in [0.2, 0.25) is 0 Å². The van der Waals surface area contributed by atoms with Crippen molar-refractivity contribution >= 4 is 29.7 Å². The summed E-state index contributed by atoms with van der Waals surface area (Å²) in [5.41, 5.74) is 5.12. The minimum Gasteiger partial charge on any atom is -0.481 e. The largest absolute Gasteiger partial charge is 0.481 e. The van der Waals surface area contributed by atoms with E-state index in [2.05, 4.69) is 16.0 Å². The van der Waals surface area contributed by atoms with Crippen molar-refractivity contribution < 1.29 is 34.2 Å². The van der Waals surface area contributed by atoms with Crippen LogP contribution in [0.25, 0.3) is 0 Å². The Labute approximate surface area is 144 Å². The van der Waals surface area contributed by atoms with Crippen molar-refractivity contribution in [3.8, 4) is 0 Å². The topological polar surface area (TPSA) is 188 Å². The van der Waals surface area contributed by atoms with E-state index in [1.807, 2.05) is 0 Å². The van der Waals surface area contributed by atoms with Crippen molar-refractivity contribution in [2.75, 3.05) is 13.1 Å². The standard InChI is InChI=1S/C14H24N4O7/c1-7(2)3-8(13(24)16-6-12(22)23)18-14(25)9(4-11(20)21)17-10(19)5-15/h7-9H,3-6,15H2,1-2H3,(H,16,24)(H,17,19)(H,18,25)(H,20,21)(H,22,23). The Morgan fingerprint density at radius 2 is 1.52 bits per heavy atom. The lowest BCUT2D eigenvalue weighted by atomic mass is 10.0. The van der Waals surface area contributed by atoms with Gasteiger partial charge in [-0.3, -0.25) is 24.0 Å². The van der Waals surface area contributed by atoms with Crippen molar-refractivity contribution in [1.82, 2.24) is 16.0 Å². The number of nitrogens with one attached hydrogen (secondary N) is 3. The first-order valence-corrected chi connectivity index (χ1v) is 7.57. The number of hydrogen-bond acceptors (Lipinski definition) is 6. The van der Waals surface area contributed by atoms with Gasteiger partial charge in [0.15, 0.2) is 0 Å². The third kappa shape index (κ3) is 9.91. The molecule has 0 aromatic carbocycles. The molecule has 2 unspecified atom stereocenters. The molecule has 0 saturated carbocycles. The summed E-state index contributed by atoms with van der Waals surface area (Å²) in [6.45, 7) is 2.52. The van der Waals surface area contributed by atoms with E-state index in [4.69, 9.17) is 15.9 Å². The Bertz CT molecular complexity index is 521. The fourth-order valence-electron chi connectivity index (χ4n) is 1.90. The van der Waals surface area contributed by atoms with Gasteiger partial charge < -0.3 is 31.9 Å². The third-order valence-electron chi connectivity index (χ3n) is 2.97. The zero-order chi connectivity index (χ0) is 19.6. The molecule has 0 fully saturated rings. The smallest absolute Gasteiger partial charge is 0.322 e. The van der Waals surface area contributed by atoms with Crippen LogP contribution < -0.4 is 21.7 Å². The average molecular weight is 360 g/mol. The van der Waals surface area contributed by atoms with Gasteiger partial charge in [0.05, 0.1) is 13.0 Å². The normalized spacial score (nSPS) is 12.8. The lowest BCUT2D eigenvalue weighted by Crippen LogP contribution is -2.55. The van der Waals surface area contributed by atoms with E-state index in [1.165, 1.54) is 0 Å². The lowest BCUT2D eigenvalue weighted by molar-refractivity contribution is -0.141. The minimum atomic E-state index is -1.41. The fraction of sp³-hybridized carbons (Fsp3) is 0.643. The molecule has 0 aliphatic heterocycles. The first-order chi connectivity index (χ1) is 11.6. The zero-order valence-corrected chi connectivity index (χ0v) is 14.1. The van der Waals surface area contributed by atoms with E-state index < -0.39 is 61.3 Å². The summed E-state index contributed by atoms with van der Waals surface area (Å²) in [4.78, 5) is 57.0.